The molecule has 0 spiro atoms. The Morgan fingerprint density at radius 3 is 2.29 bits per heavy atom. The van der Waals surface area contributed by atoms with Gasteiger partial charge in [0.25, 0.3) is 0 Å². The molecule has 28 heavy (non-hydrogen) atoms. The van der Waals surface area contributed by atoms with E-state index in [2.05, 4.69) is 78.2 Å². The van der Waals surface area contributed by atoms with Gasteiger partial charge in [0.15, 0.2) is 0 Å². The van der Waals surface area contributed by atoms with Crippen molar-refractivity contribution in [2.24, 2.45) is 0 Å². The minimum atomic E-state index is -1.08. The smallest absolute Gasteiger partial charge is 0.0871 e. The number of piperidine rings is 1. The van der Waals surface area contributed by atoms with Gasteiger partial charge in [-0.15, -0.1) is 0 Å². The molecule has 0 radical (unpaired) electrons. The molecule has 0 saturated carbocycles. The number of carbonyl (C=O) groups excluding carboxylic acids is 1. The van der Waals surface area contributed by atoms with Gasteiger partial charge in [0, 0.05) is 24.3 Å². The fourth-order valence-electron chi connectivity index (χ4n) is 3.90. The standard InChI is InChI=1S/C22H30N2.C2H4O2/c1-18(16-19-10-4-2-5-11-19)24-17-21(20-12-6-3-7-13-20)22-14-8-9-15-23-22;1-2(3)4/h2-7,10-13,18,21-24H,8-9,14-17H2,1H3;1H3,(H,3,4). The summed E-state index contributed by atoms with van der Waals surface area (Å²) < 4.78 is 0. The molecular weight excluding hydrogens is 348 g/mol. The lowest BCUT2D eigenvalue weighted by molar-refractivity contribution is -0.688. The SMILES string of the molecule is CC(=O)[O-].CC(Cc1ccccc1)[NH2+]CC(c1ccccc1)C1CCCCN1. The van der Waals surface area contributed by atoms with E-state index in [1.165, 1.54) is 36.9 Å². The molecule has 0 aromatic heterocycles. The van der Waals surface area contributed by atoms with Crippen molar-refractivity contribution in [1.82, 2.24) is 5.32 Å². The number of nitrogens with two attached hydrogens (primary N) is 1. The Morgan fingerprint density at radius 2 is 1.71 bits per heavy atom. The first kappa shape index (κ1) is 22.1. The van der Waals surface area contributed by atoms with Gasteiger partial charge in [-0.25, -0.2) is 0 Å². The summed E-state index contributed by atoms with van der Waals surface area (Å²) in [5.41, 5.74) is 2.92. The fourth-order valence-corrected chi connectivity index (χ4v) is 3.90. The number of hydrogen-bond acceptors (Lipinski definition) is 3. The van der Waals surface area contributed by atoms with Crippen LogP contribution >= 0.6 is 0 Å². The first-order chi connectivity index (χ1) is 13.6. The maximum Gasteiger partial charge on any atom is 0.0871 e. The van der Waals surface area contributed by atoms with Crippen molar-refractivity contribution in [2.75, 3.05) is 13.1 Å². The highest BCUT2D eigenvalue weighted by atomic mass is 16.4. The van der Waals surface area contributed by atoms with Crippen LogP contribution in [0.4, 0.5) is 0 Å². The van der Waals surface area contributed by atoms with Crippen molar-refractivity contribution in [3.8, 4) is 0 Å². The predicted octanol–water partition coefficient (Wildman–Crippen LogP) is 1.86. The van der Waals surface area contributed by atoms with E-state index in [1.54, 1.807) is 0 Å². The van der Waals surface area contributed by atoms with Crippen molar-refractivity contribution >= 4 is 5.97 Å². The van der Waals surface area contributed by atoms with E-state index in [4.69, 9.17) is 9.90 Å². The zero-order chi connectivity index (χ0) is 20.2. The first-order valence-corrected chi connectivity index (χ1v) is 10.4. The minimum absolute atomic E-state index is 0.602. The van der Waals surface area contributed by atoms with Gasteiger partial charge in [0.05, 0.1) is 12.6 Å². The van der Waals surface area contributed by atoms with Crippen LogP contribution < -0.4 is 15.7 Å². The molecule has 1 aliphatic heterocycles. The van der Waals surface area contributed by atoms with Crippen LogP contribution in [0.15, 0.2) is 60.7 Å². The highest BCUT2D eigenvalue weighted by Gasteiger charge is 2.26. The van der Waals surface area contributed by atoms with E-state index in [0.29, 0.717) is 18.0 Å². The van der Waals surface area contributed by atoms with Gasteiger partial charge in [-0.05, 0) is 44.4 Å². The minimum Gasteiger partial charge on any atom is -0.550 e. The zero-order valence-electron chi connectivity index (χ0n) is 17.1. The molecule has 1 saturated heterocycles. The summed E-state index contributed by atoms with van der Waals surface area (Å²) in [6.07, 6.45) is 5.13. The van der Waals surface area contributed by atoms with Crippen LogP contribution in [0, 0.1) is 0 Å². The van der Waals surface area contributed by atoms with Gasteiger partial charge < -0.3 is 20.5 Å². The van der Waals surface area contributed by atoms with E-state index in [0.717, 1.165) is 19.9 Å². The molecule has 1 aliphatic rings. The second-order valence-electron chi connectivity index (χ2n) is 7.70. The number of nitrogens with one attached hydrogen (secondary N) is 1. The maximum absolute atomic E-state index is 8.89. The van der Waals surface area contributed by atoms with Gasteiger partial charge in [0.2, 0.25) is 0 Å². The second-order valence-corrected chi connectivity index (χ2v) is 7.70. The number of carboxylic acid groups (broad SMARTS) is 1. The third-order valence-corrected chi connectivity index (χ3v) is 5.25. The Morgan fingerprint density at radius 1 is 1.11 bits per heavy atom. The summed E-state index contributed by atoms with van der Waals surface area (Å²) in [6.45, 7) is 5.66. The Hall–Kier alpha value is -2.17. The van der Waals surface area contributed by atoms with Crippen LogP contribution in [0.1, 0.15) is 50.2 Å². The van der Waals surface area contributed by atoms with E-state index in [1.807, 2.05) is 0 Å². The van der Waals surface area contributed by atoms with E-state index in [9.17, 15) is 0 Å². The van der Waals surface area contributed by atoms with Crippen LogP contribution in [-0.4, -0.2) is 31.1 Å². The molecule has 0 aliphatic carbocycles. The first-order valence-electron chi connectivity index (χ1n) is 10.4. The Labute approximate surface area is 169 Å². The quantitative estimate of drug-likeness (QED) is 0.768. The third-order valence-electron chi connectivity index (χ3n) is 5.25. The highest BCUT2D eigenvalue weighted by Crippen LogP contribution is 2.24. The molecule has 1 heterocycles. The lowest BCUT2D eigenvalue weighted by Crippen LogP contribution is -2.91. The molecule has 3 N–H and O–H groups in total. The van der Waals surface area contributed by atoms with Crippen LogP contribution in [0.25, 0.3) is 0 Å². The number of rotatable bonds is 7. The molecule has 0 amide bonds. The Bertz CT molecular complexity index is 666. The molecule has 4 nitrogen and oxygen atoms in total. The molecular formula is C24H34N2O2. The van der Waals surface area contributed by atoms with E-state index < -0.39 is 5.97 Å². The number of hydrogen-bond donors (Lipinski definition) is 2. The molecule has 3 atom stereocenters. The summed E-state index contributed by atoms with van der Waals surface area (Å²) in [6, 6.07) is 23.2. The van der Waals surface area contributed by atoms with Crippen molar-refractivity contribution < 1.29 is 15.2 Å². The topological polar surface area (TPSA) is 68.8 Å². The summed E-state index contributed by atoms with van der Waals surface area (Å²) in [4.78, 5) is 8.89. The summed E-state index contributed by atoms with van der Waals surface area (Å²) in [7, 11) is 0. The highest BCUT2D eigenvalue weighted by molar-refractivity contribution is 5.60. The number of aliphatic carboxylic acids is 1. The lowest BCUT2D eigenvalue weighted by Gasteiger charge is -2.31. The number of quaternary nitrogens is 1. The summed E-state index contributed by atoms with van der Waals surface area (Å²) >= 11 is 0. The Kier molecular flexibility index (Phi) is 9.73. The molecule has 2 aromatic carbocycles. The molecule has 1 fully saturated rings. The summed E-state index contributed by atoms with van der Waals surface area (Å²) in [5, 5.41) is 15.2. The molecule has 152 valence electrons. The van der Waals surface area contributed by atoms with Crippen LogP contribution in [0.3, 0.4) is 0 Å². The predicted molar refractivity (Wildman–Crippen MR) is 112 cm³/mol. The van der Waals surface area contributed by atoms with Crippen LogP contribution in [-0.2, 0) is 11.2 Å². The maximum atomic E-state index is 8.89. The molecule has 3 rings (SSSR count). The zero-order valence-corrected chi connectivity index (χ0v) is 17.1. The van der Waals surface area contributed by atoms with Crippen LogP contribution in [0.2, 0.25) is 0 Å². The van der Waals surface area contributed by atoms with Gasteiger partial charge in [-0.2, -0.15) is 0 Å². The third kappa shape index (κ3) is 8.24. The monoisotopic (exact) mass is 382 g/mol. The number of benzene rings is 2. The second kappa shape index (κ2) is 12.3. The molecule has 0 bridgehead atoms. The summed E-state index contributed by atoms with van der Waals surface area (Å²) in [5.74, 6) is -0.482. The van der Waals surface area contributed by atoms with Crippen molar-refractivity contribution in [3.05, 3.63) is 71.8 Å². The average Bonchev–Trinajstić information content (AvgIpc) is 2.70. The number of carbonyl (C=O) groups is 1. The lowest BCUT2D eigenvalue weighted by atomic mass is 9.86. The largest absolute Gasteiger partial charge is 0.550 e. The number of carboxylic acids is 1. The Balaban J connectivity index is 0.000000640. The van der Waals surface area contributed by atoms with Gasteiger partial charge >= 0.3 is 0 Å². The molecule has 2 aromatic rings. The van der Waals surface area contributed by atoms with Crippen molar-refractivity contribution in [3.63, 3.8) is 0 Å². The fraction of sp³-hybridized carbons (Fsp3) is 0.458. The van der Waals surface area contributed by atoms with E-state index >= 15 is 0 Å². The normalized spacial score (nSPS) is 18.4. The van der Waals surface area contributed by atoms with Gasteiger partial charge in [-0.3, -0.25) is 0 Å². The van der Waals surface area contributed by atoms with Gasteiger partial charge in [0.1, 0.15) is 0 Å². The van der Waals surface area contributed by atoms with E-state index in [-0.39, 0.29) is 0 Å². The molecule has 3 unspecified atom stereocenters. The molecule has 4 heteroatoms. The van der Waals surface area contributed by atoms with Crippen LogP contribution in [0.5, 0.6) is 0 Å². The van der Waals surface area contributed by atoms with Crippen molar-refractivity contribution in [1.29, 1.82) is 0 Å². The average molecular weight is 383 g/mol. The van der Waals surface area contributed by atoms with Crippen molar-refractivity contribution in [2.45, 2.75) is 57.5 Å². The van der Waals surface area contributed by atoms with Gasteiger partial charge in [-0.1, -0.05) is 67.1 Å².